The Morgan fingerprint density at radius 2 is 1.72 bits per heavy atom. The molecule has 0 fully saturated rings. The summed E-state index contributed by atoms with van der Waals surface area (Å²) in [5.74, 6) is 1.68. The zero-order chi connectivity index (χ0) is 24.9. The van der Waals surface area contributed by atoms with Crippen LogP contribution in [-0.4, -0.2) is 22.1 Å². The highest BCUT2D eigenvalue weighted by atomic mass is 35.5. The van der Waals surface area contributed by atoms with Gasteiger partial charge in [0.2, 0.25) is 5.91 Å². The molecule has 5 rings (SSSR count). The van der Waals surface area contributed by atoms with Gasteiger partial charge in [-0.2, -0.15) is 0 Å². The number of hydrogen-bond acceptors (Lipinski definition) is 3. The van der Waals surface area contributed by atoms with E-state index in [1.54, 1.807) is 12.1 Å². The number of halogens is 1. The van der Waals surface area contributed by atoms with Crippen molar-refractivity contribution in [3.8, 4) is 5.75 Å². The second-order valence-electron chi connectivity index (χ2n) is 8.88. The Morgan fingerprint density at radius 3 is 2.58 bits per heavy atom. The van der Waals surface area contributed by atoms with Crippen molar-refractivity contribution in [3.05, 3.63) is 107 Å². The van der Waals surface area contributed by atoms with Gasteiger partial charge in [0.15, 0.2) is 0 Å². The lowest BCUT2D eigenvalue weighted by atomic mass is 10.1. The van der Waals surface area contributed by atoms with Crippen LogP contribution in [0.5, 0.6) is 5.75 Å². The first-order valence-corrected chi connectivity index (χ1v) is 12.6. The SMILES string of the molecule is CC(NC(=O)Cc1ccc(Cl)cc1)c1nc2ccccc2n1CCCOc1cccc2ccccc12. The highest BCUT2D eigenvalue weighted by Crippen LogP contribution is 2.26. The number of benzene rings is 4. The molecule has 0 spiro atoms. The van der Waals surface area contributed by atoms with Crippen molar-refractivity contribution in [2.24, 2.45) is 0 Å². The number of imidazole rings is 1. The Labute approximate surface area is 215 Å². The number of hydrogen-bond donors (Lipinski definition) is 1. The molecule has 1 unspecified atom stereocenters. The van der Waals surface area contributed by atoms with Gasteiger partial charge in [0.25, 0.3) is 0 Å². The smallest absolute Gasteiger partial charge is 0.224 e. The van der Waals surface area contributed by atoms with E-state index in [0.717, 1.165) is 46.5 Å². The van der Waals surface area contributed by atoms with E-state index in [1.807, 2.05) is 61.5 Å². The van der Waals surface area contributed by atoms with E-state index in [1.165, 1.54) is 5.39 Å². The largest absolute Gasteiger partial charge is 0.493 e. The van der Waals surface area contributed by atoms with Gasteiger partial charge in [-0.3, -0.25) is 4.79 Å². The molecule has 182 valence electrons. The van der Waals surface area contributed by atoms with E-state index < -0.39 is 0 Å². The van der Waals surface area contributed by atoms with Crippen LogP contribution in [0.15, 0.2) is 91.0 Å². The summed E-state index contributed by atoms with van der Waals surface area (Å²) in [5.41, 5.74) is 2.89. The van der Waals surface area contributed by atoms with Crippen molar-refractivity contribution < 1.29 is 9.53 Å². The van der Waals surface area contributed by atoms with Gasteiger partial charge in [0.1, 0.15) is 11.6 Å². The summed E-state index contributed by atoms with van der Waals surface area (Å²) in [6.45, 7) is 3.29. The number of para-hydroxylation sites is 2. The normalized spacial score (nSPS) is 12.1. The number of amides is 1. The summed E-state index contributed by atoms with van der Waals surface area (Å²) in [7, 11) is 0. The molecule has 0 bridgehead atoms. The number of ether oxygens (including phenoxy) is 1. The fourth-order valence-electron chi connectivity index (χ4n) is 4.53. The molecule has 1 heterocycles. The fraction of sp³-hybridized carbons (Fsp3) is 0.200. The minimum absolute atomic E-state index is 0.0530. The fourth-order valence-corrected chi connectivity index (χ4v) is 4.66. The van der Waals surface area contributed by atoms with Crippen LogP contribution in [-0.2, 0) is 17.8 Å². The molecule has 36 heavy (non-hydrogen) atoms. The van der Waals surface area contributed by atoms with Gasteiger partial charge in [0.05, 0.1) is 30.1 Å². The first kappa shape index (κ1) is 23.9. The standard InChI is InChI=1S/C30H28ClN3O2/c1-21(32-29(35)20-22-14-16-24(31)17-15-22)30-33-26-11-4-5-12-27(26)34(30)18-7-19-36-28-13-6-9-23-8-2-3-10-25(23)28/h2-6,8-17,21H,7,18-20H2,1H3,(H,32,35). The number of nitrogens with zero attached hydrogens (tertiary/aromatic N) is 2. The number of carbonyl (C=O) groups excluding carboxylic acids is 1. The summed E-state index contributed by atoms with van der Waals surface area (Å²) in [6, 6.07) is 29.5. The molecule has 1 atom stereocenters. The number of rotatable bonds is 9. The molecule has 0 radical (unpaired) electrons. The molecule has 0 aliphatic carbocycles. The molecular weight excluding hydrogens is 470 g/mol. The molecule has 5 aromatic rings. The van der Waals surface area contributed by atoms with Gasteiger partial charge in [-0.05, 0) is 54.6 Å². The third kappa shape index (κ3) is 5.37. The van der Waals surface area contributed by atoms with E-state index >= 15 is 0 Å². The number of aryl methyl sites for hydroxylation is 1. The average molecular weight is 498 g/mol. The highest BCUT2D eigenvalue weighted by molar-refractivity contribution is 6.30. The van der Waals surface area contributed by atoms with Crippen molar-refractivity contribution in [3.63, 3.8) is 0 Å². The maximum atomic E-state index is 12.7. The van der Waals surface area contributed by atoms with Crippen molar-refractivity contribution in [2.45, 2.75) is 32.4 Å². The molecule has 0 saturated carbocycles. The molecule has 1 N–H and O–H groups in total. The predicted octanol–water partition coefficient (Wildman–Crippen LogP) is 6.73. The quantitative estimate of drug-likeness (QED) is 0.230. The number of fused-ring (bicyclic) bond motifs is 2. The summed E-state index contributed by atoms with van der Waals surface area (Å²) < 4.78 is 8.35. The van der Waals surface area contributed by atoms with Crippen LogP contribution in [0.25, 0.3) is 21.8 Å². The maximum Gasteiger partial charge on any atom is 0.224 e. The lowest BCUT2D eigenvalue weighted by Gasteiger charge is -2.17. The van der Waals surface area contributed by atoms with E-state index in [-0.39, 0.29) is 11.9 Å². The molecule has 0 saturated heterocycles. The van der Waals surface area contributed by atoms with Crippen molar-refractivity contribution in [1.29, 1.82) is 0 Å². The van der Waals surface area contributed by atoms with E-state index in [0.29, 0.717) is 18.1 Å². The van der Waals surface area contributed by atoms with E-state index in [2.05, 4.69) is 34.1 Å². The topological polar surface area (TPSA) is 56.2 Å². The van der Waals surface area contributed by atoms with Crippen molar-refractivity contribution in [1.82, 2.24) is 14.9 Å². The summed E-state index contributed by atoms with van der Waals surface area (Å²) in [4.78, 5) is 17.6. The monoisotopic (exact) mass is 497 g/mol. The molecule has 1 aromatic heterocycles. The highest BCUT2D eigenvalue weighted by Gasteiger charge is 2.18. The van der Waals surface area contributed by atoms with Crippen LogP contribution < -0.4 is 10.1 Å². The Balaban J connectivity index is 1.27. The summed E-state index contributed by atoms with van der Waals surface area (Å²) in [5, 5.41) is 6.05. The first-order valence-electron chi connectivity index (χ1n) is 12.2. The second-order valence-corrected chi connectivity index (χ2v) is 9.32. The van der Waals surface area contributed by atoms with Gasteiger partial charge in [0, 0.05) is 17.0 Å². The predicted molar refractivity (Wildman–Crippen MR) is 146 cm³/mol. The maximum absolute atomic E-state index is 12.7. The van der Waals surface area contributed by atoms with Crippen molar-refractivity contribution in [2.75, 3.05) is 6.61 Å². The Kier molecular flexibility index (Phi) is 7.19. The van der Waals surface area contributed by atoms with Crippen LogP contribution in [0.4, 0.5) is 0 Å². The molecular formula is C30H28ClN3O2. The molecule has 6 heteroatoms. The Morgan fingerprint density at radius 1 is 0.972 bits per heavy atom. The van der Waals surface area contributed by atoms with Crippen LogP contribution in [0.1, 0.15) is 30.8 Å². The Bertz CT molecular complexity index is 1490. The van der Waals surface area contributed by atoms with E-state index in [9.17, 15) is 4.79 Å². The Hall–Kier alpha value is -3.83. The lowest BCUT2D eigenvalue weighted by molar-refractivity contribution is -0.121. The van der Waals surface area contributed by atoms with Crippen LogP contribution >= 0.6 is 11.6 Å². The second kappa shape index (κ2) is 10.8. The first-order chi connectivity index (χ1) is 17.6. The van der Waals surface area contributed by atoms with E-state index in [4.69, 9.17) is 21.3 Å². The molecule has 4 aromatic carbocycles. The summed E-state index contributed by atoms with van der Waals surface area (Å²) in [6.07, 6.45) is 1.10. The zero-order valence-electron chi connectivity index (χ0n) is 20.2. The minimum Gasteiger partial charge on any atom is -0.493 e. The van der Waals surface area contributed by atoms with Crippen LogP contribution in [0, 0.1) is 0 Å². The van der Waals surface area contributed by atoms with Gasteiger partial charge < -0.3 is 14.6 Å². The molecule has 5 nitrogen and oxygen atoms in total. The van der Waals surface area contributed by atoms with Gasteiger partial charge in [-0.15, -0.1) is 0 Å². The van der Waals surface area contributed by atoms with Gasteiger partial charge in [-0.1, -0.05) is 72.3 Å². The van der Waals surface area contributed by atoms with Crippen LogP contribution in [0.2, 0.25) is 5.02 Å². The molecule has 0 aliphatic rings. The number of carbonyl (C=O) groups is 1. The summed E-state index contributed by atoms with van der Waals surface area (Å²) >= 11 is 5.96. The third-order valence-electron chi connectivity index (χ3n) is 6.26. The molecule has 1 amide bonds. The lowest BCUT2D eigenvalue weighted by Crippen LogP contribution is -2.30. The van der Waals surface area contributed by atoms with Crippen LogP contribution in [0.3, 0.4) is 0 Å². The average Bonchev–Trinajstić information content (AvgIpc) is 3.27. The van der Waals surface area contributed by atoms with Gasteiger partial charge in [-0.25, -0.2) is 4.98 Å². The zero-order valence-corrected chi connectivity index (χ0v) is 20.9. The van der Waals surface area contributed by atoms with Gasteiger partial charge >= 0.3 is 0 Å². The number of aromatic nitrogens is 2. The number of nitrogens with one attached hydrogen (secondary N) is 1. The third-order valence-corrected chi connectivity index (χ3v) is 6.51. The minimum atomic E-state index is -0.240. The molecule has 0 aliphatic heterocycles. The van der Waals surface area contributed by atoms with Crippen molar-refractivity contribution >= 4 is 39.3 Å².